The number of halogens is 3. The Kier molecular flexibility index (Phi) is 4.44. The van der Waals surface area contributed by atoms with E-state index in [1.165, 1.54) is 10.9 Å². The molecular formula is C17H9BrF2N4O2S. The van der Waals surface area contributed by atoms with E-state index in [0.717, 1.165) is 27.9 Å². The average Bonchev–Trinajstić information content (AvgIpc) is 2.99. The molecule has 6 nitrogen and oxygen atoms in total. The predicted octanol–water partition coefficient (Wildman–Crippen LogP) is 3.69. The molecule has 136 valence electrons. The molecule has 0 saturated heterocycles. The molecule has 10 heteroatoms. The van der Waals surface area contributed by atoms with Crippen LogP contribution in [0.2, 0.25) is 0 Å². The van der Waals surface area contributed by atoms with Gasteiger partial charge in [0, 0.05) is 10.5 Å². The largest absolute Gasteiger partial charge is 0.300 e. The molecule has 0 aliphatic heterocycles. The van der Waals surface area contributed by atoms with Gasteiger partial charge in [0.15, 0.2) is 16.8 Å². The van der Waals surface area contributed by atoms with Crippen LogP contribution in [-0.2, 0) is 11.3 Å². The van der Waals surface area contributed by atoms with Gasteiger partial charge in [-0.05, 0) is 24.3 Å². The third-order valence-electron chi connectivity index (χ3n) is 3.78. The molecular weight excluding hydrogens is 442 g/mol. The number of carbonyl (C=O) groups excluding carboxylic acids is 1. The van der Waals surface area contributed by atoms with Crippen LogP contribution >= 0.6 is 27.3 Å². The summed E-state index contributed by atoms with van der Waals surface area (Å²) in [7, 11) is 0. The molecule has 0 bridgehead atoms. The van der Waals surface area contributed by atoms with Crippen LogP contribution < -0.4 is 10.9 Å². The first-order chi connectivity index (χ1) is 12.9. The van der Waals surface area contributed by atoms with Crippen molar-refractivity contribution in [2.24, 2.45) is 0 Å². The van der Waals surface area contributed by atoms with Gasteiger partial charge in [-0.15, -0.1) is 0 Å². The van der Waals surface area contributed by atoms with Crippen molar-refractivity contribution in [1.82, 2.24) is 14.5 Å². The van der Waals surface area contributed by atoms with Gasteiger partial charge in [-0.1, -0.05) is 27.3 Å². The number of nitrogens with zero attached hydrogens (tertiary/aromatic N) is 3. The zero-order chi connectivity index (χ0) is 19.1. The Morgan fingerprint density at radius 2 is 1.96 bits per heavy atom. The number of nitrogens with one attached hydrogen (secondary N) is 1. The normalized spacial score (nSPS) is 11.2. The molecule has 1 N–H and O–H groups in total. The molecule has 2 aromatic heterocycles. The van der Waals surface area contributed by atoms with Crippen molar-refractivity contribution in [2.75, 3.05) is 5.32 Å². The lowest BCUT2D eigenvalue weighted by Gasteiger charge is -2.06. The first-order valence-electron chi connectivity index (χ1n) is 7.61. The smallest absolute Gasteiger partial charge is 0.261 e. The monoisotopic (exact) mass is 450 g/mol. The van der Waals surface area contributed by atoms with Gasteiger partial charge < -0.3 is 5.32 Å². The fourth-order valence-electron chi connectivity index (χ4n) is 2.53. The van der Waals surface area contributed by atoms with Crippen LogP contribution in [0.1, 0.15) is 0 Å². The van der Waals surface area contributed by atoms with Gasteiger partial charge >= 0.3 is 0 Å². The van der Waals surface area contributed by atoms with Crippen molar-refractivity contribution >= 4 is 59.4 Å². The topological polar surface area (TPSA) is 76.9 Å². The Bertz CT molecular complexity index is 1230. The van der Waals surface area contributed by atoms with Crippen molar-refractivity contribution in [1.29, 1.82) is 0 Å². The second kappa shape index (κ2) is 6.78. The Labute approximate surface area is 162 Å². The number of amides is 1. The summed E-state index contributed by atoms with van der Waals surface area (Å²) < 4.78 is 28.8. The maximum atomic E-state index is 13.3. The molecule has 0 aliphatic rings. The Morgan fingerprint density at radius 3 is 2.78 bits per heavy atom. The van der Waals surface area contributed by atoms with Crippen molar-refractivity contribution < 1.29 is 13.6 Å². The van der Waals surface area contributed by atoms with E-state index in [1.54, 1.807) is 18.2 Å². The quantitative estimate of drug-likeness (QED) is 0.516. The lowest BCUT2D eigenvalue weighted by atomic mass is 10.2. The summed E-state index contributed by atoms with van der Waals surface area (Å²) in [6.45, 7) is -0.271. The van der Waals surface area contributed by atoms with E-state index in [0.29, 0.717) is 15.6 Å². The van der Waals surface area contributed by atoms with Crippen LogP contribution in [0.3, 0.4) is 0 Å². The molecule has 0 aliphatic carbocycles. The molecule has 0 unspecified atom stereocenters. The lowest BCUT2D eigenvalue weighted by molar-refractivity contribution is -0.116. The summed E-state index contributed by atoms with van der Waals surface area (Å²) in [5.74, 6) is -2.50. The first kappa shape index (κ1) is 17.7. The van der Waals surface area contributed by atoms with Gasteiger partial charge in [0.2, 0.25) is 5.91 Å². The van der Waals surface area contributed by atoms with Crippen molar-refractivity contribution in [3.05, 3.63) is 63.1 Å². The lowest BCUT2D eigenvalue weighted by Crippen LogP contribution is -2.27. The molecule has 0 spiro atoms. The second-order valence-electron chi connectivity index (χ2n) is 5.64. The minimum Gasteiger partial charge on any atom is -0.300 e. The van der Waals surface area contributed by atoms with Crippen molar-refractivity contribution in [2.45, 2.75) is 6.54 Å². The van der Waals surface area contributed by atoms with E-state index >= 15 is 0 Å². The van der Waals surface area contributed by atoms with Crippen LogP contribution in [0.5, 0.6) is 0 Å². The van der Waals surface area contributed by atoms with E-state index in [9.17, 15) is 18.4 Å². The van der Waals surface area contributed by atoms with Crippen LogP contribution in [0.25, 0.3) is 21.1 Å². The van der Waals surface area contributed by atoms with E-state index in [1.807, 2.05) is 0 Å². The third-order valence-corrected chi connectivity index (χ3v) is 5.20. The van der Waals surface area contributed by atoms with Crippen LogP contribution in [-0.4, -0.2) is 20.4 Å². The van der Waals surface area contributed by atoms with E-state index in [4.69, 9.17) is 0 Å². The zero-order valence-electron chi connectivity index (χ0n) is 13.4. The number of anilines is 1. The minimum absolute atomic E-state index is 0.185. The fraction of sp³-hybridized carbons (Fsp3) is 0.0588. The summed E-state index contributed by atoms with van der Waals surface area (Å²) >= 11 is 4.31. The Morgan fingerprint density at radius 1 is 1.19 bits per heavy atom. The standard InChI is InChI=1S/C17H9BrF2N4O2S/c18-8-1-2-12-9(3-8)16(26)24(7-21-12)6-15(25)23-17-22-13-4-10(19)11(20)5-14(13)27-17/h1-5,7H,6H2,(H,22,23,25). The van der Waals surface area contributed by atoms with Crippen molar-refractivity contribution in [3.63, 3.8) is 0 Å². The summed E-state index contributed by atoms with van der Waals surface area (Å²) in [4.78, 5) is 33.0. The number of fused-ring (bicyclic) bond motifs is 2. The highest BCUT2D eigenvalue weighted by Gasteiger charge is 2.13. The Hall–Kier alpha value is -2.72. The van der Waals surface area contributed by atoms with Gasteiger partial charge in [0.05, 0.1) is 27.4 Å². The van der Waals surface area contributed by atoms with Crippen LogP contribution in [0, 0.1) is 11.6 Å². The highest BCUT2D eigenvalue weighted by Crippen LogP contribution is 2.27. The maximum absolute atomic E-state index is 13.3. The number of benzene rings is 2. The van der Waals surface area contributed by atoms with E-state index in [-0.39, 0.29) is 22.8 Å². The summed E-state index contributed by atoms with van der Waals surface area (Å²) in [5, 5.41) is 3.10. The molecule has 27 heavy (non-hydrogen) atoms. The molecule has 4 rings (SSSR count). The molecule has 1 amide bonds. The molecule has 0 atom stereocenters. The third kappa shape index (κ3) is 3.45. The summed E-state index contributed by atoms with van der Waals surface area (Å²) in [6, 6.07) is 7.09. The van der Waals surface area contributed by atoms with Crippen LogP contribution in [0.15, 0.2) is 45.9 Å². The van der Waals surface area contributed by atoms with Gasteiger partial charge in [-0.3, -0.25) is 14.2 Å². The van der Waals surface area contributed by atoms with Crippen molar-refractivity contribution in [3.8, 4) is 0 Å². The number of rotatable bonds is 3. The molecule has 0 radical (unpaired) electrons. The van der Waals surface area contributed by atoms with Crippen LogP contribution in [0.4, 0.5) is 13.9 Å². The maximum Gasteiger partial charge on any atom is 0.261 e. The Balaban J connectivity index is 1.58. The summed E-state index contributed by atoms with van der Waals surface area (Å²) in [5.41, 5.74) is 0.406. The number of carbonyl (C=O) groups is 1. The van der Waals surface area contributed by atoms with Gasteiger partial charge in [0.1, 0.15) is 6.54 Å². The molecule has 4 aromatic rings. The zero-order valence-corrected chi connectivity index (χ0v) is 15.8. The molecule has 0 saturated carbocycles. The summed E-state index contributed by atoms with van der Waals surface area (Å²) in [6.07, 6.45) is 1.29. The highest BCUT2D eigenvalue weighted by molar-refractivity contribution is 9.10. The minimum atomic E-state index is -1.01. The second-order valence-corrected chi connectivity index (χ2v) is 7.59. The fourth-order valence-corrected chi connectivity index (χ4v) is 3.78. The predicted molar refractivity (Wildman–Crippen MR) is 102 cm³/mol. The van der Waals surface area contributed by atoms with Gasteiger partial charge in [0.25, 0.3) is 5.56 Å². The molecule has 0 fully saturated rings. The average molecular weight is 451 g/mol. The molecule has 2 aromatic carbocycles. The number of hydrogen-bond donors (Lipinski definition) is 1. The SMILES string of the molecule is O=C(Cn1cnc2ccc(Br)cc2c1=O)Nc1nc2cc(F)c(F)cc2s1. The number of aromatic nitrogens is 3. The first-order valence-corrected chi connectivity index (χ1v) is 9.22. The highest BCUT2D eigenvalue weighted by atomic mass is 79.9. The number of thiazole rings is 1. The van der Waals surface area contributed by atoms with Gasteiger partial charge in [-0.2, -0.15) is 0 Å². The molecule has 2 heterocycles. The van der Waals surface area contributed by atoms with Gasteiger partial charge in [-0.25, -0.2) is 18.7 Å². The van der Waals surface area contributed by atoms with E-state index < -0.39 is 17.5 Å². The number of hydrogen-bond acceptors (Lipinski definition) is 5. The van der Waals surface area contributed by atoms with E-state index in [2.05, 4.69) is 31.2 Å².